The summed E-state index contributed by atoms with van der Waals surface area (Å²) in [6.45, 7) is 1.19. The highest BCUT2D eigenvalue weighted by molar-refractivity contribution is 6.38. The minimum Gasteiger partial charge on any atom is -0.492 e. The van der Waals surface area contributed by atoms with E-state index in [-0.39, 0.29) is 5.91 Å². The molecule has 1 aliphatic rings. The number of benzene rings is 4. The highest BCUT2D eigenvalue weighted by atomic mass is 35.5. The highest BCUT2D eigenvalue weighted by Gasteiger charge is 2.33. The van der Waals surface area contributed by atoms with Gasteiger partial charge in [-0.25, -0.2) is 0 Å². The number of nitrogens with zero attached hydrogens (tertiary/aromatic N) is 2. The summed E-state index contributed by atoms with van der Waals surface area (Å²) in [5.41, 5.74) is 5.50. The first-order valence-electron chi connectivity index (χ1n) is 11.9. The van der Waals surface area contributed by atoms with Gasteiger partial charge in [0.25, 0.3) is 5.91 Å². The summed E-state index contributed by atoms with van der Waals surface area (Å²) in [7, 11) is 0. The predicted molar refractivity (Wildman–Crippen MR) is 147 cm³/mol. The first kappa shape index (κ1) is 22.2. The number of halogens is 1. The van der Waals surface area contributed by atoms with Crippen molar-refractivity contribution in [3.63, 3.8) is 0 Å². The Labute approximate surface area is 214 Å². The van der Waals surface area contributed by atoms with E-state index in [0.29, 0.717) is 23.7 Å². The van der Waals surface area contributed by atoms with Crippen LogP contribution in [-0.4, -0.2) is 17.1 Å². The molecular formula is C31H23ClN2O2. The number of hydrogen-bond donors (Lipinski definition) is 0. The van der Waals surface area contributed by atoms with Crippen LogP contribution in [0.5, 0.6) is 5.75 Å². The Hall–Kier alpha value is -4.28. The van der Waals surface area contributed by atoms with Crippen molar-refractivity contribution in [3.8, 4) is 5.75 Å². The Bertz CT molecular complexity index is 1590. The number of carbonyl (C=O) groups is 1. The summed E-state index contributed by atoms with van der Waals surface area (Å²) in [5, 5.41) is 1.78. The molecule has 4 aromatic carbocycles. The van der Waals surface area contributed by atoms with E-state index in [1.807, 2.05) is 97.1 Å². The van der Waals surface area contributed by atoms with Crippen LogP contribution in [0.2, 0.25) is 5.02 Å². The number of ether oxygens (including phenoxy) is 1. The van der Waals surface area contributed by atoms with Crippen LogP contribution in [0.4, 0.5) is 11.4 Å². The quantitative estimate of drug-likeness (QED) is 0.230. The van der Waals surface area contributed by atoms with Gasteiger partial charge < -0.3 is 9.30 Å². The van der Waals surface area contributed by atoms with Gasteiger partial charge in [0.15, 0.2) is 0 Å². The van der Waals surface area contributed by atoms with Gasteiger partial charge in [-0.1, -0.05) is 66.2 Å². The van der Waals surface area contributed by atoms with Gasteiger partial charge in [0, 0.05) is 38.9 Å². The number of carbonyl (C=O) groups excluding carboxylic acids is 1. The van der Waals surface area contributed by atoms with Crippen LogP contribution >= 0.6 is 11.6 Å². The fraction of sp³-hybridized carbons (Fsp3) is 0.0645. The Morgan fingerprint density at radius 1 is 0.806 bits per heavy atom. The summed E-state index contributed by atoms with van der Waals surface area (Å²) in [6, 6.07) is 33.4. The lowest BCUT2D eigenvalue weighted by Gasteiger charge is -2.16. The van der Waals surface area contributed by atoms with Gasteiger partial charge >= 0.3 is 0 Å². The van der Waals surface area contributed by atoms with Gasteiger partial charge in [-0.05, 0) is 54.6 Å². The van der Waals surface area contributed by atoms with Gasteiger partial charge in [-0.3, -0.25) is 9.69 Å². The number of para-hydroxylation sites is 3. The second-order valence-corrected chi connectivity index (χ2v) is 9.09. The lowest BCUT2D eigenvalue weighted by Crippen LogP contribution is -2.20. The van der Waals surface area contributed by atoms with Crippen molar-refractivity contribution in [2.24, 2.45) is 0 Å². The topological polar surface area (TPSA) is 34.5 Å². The van der Waals surface area contributed by atoms with E-state index in [1.165, 1.54) is 0 Å². The summed E-state index contributed by atoms with van der Waals surface area (Å²) >= 11 is 5.97. The van der Waals surface area contributed by atoms with E-state index < -0.39 is 0 Å². The normalized spacial score (nSPS) is 14.0. The maximum atomic E-state index is 13.7. The molecule has 0 saturated heterocycles. The van der Waals surface area contributed by atoms with Crippen LogP contribution in [0.1, 0.15) is 11.1 Å². The van der Waals surface area contributed by atoms with Gasteiger partial charge in [-0.2, -0.15) is 0 Å². The summed E-state index contributed by atoms with van der Waals surface area (Å²) in [4.78, 5) is 15.5. The number of anilines is 2. The van der Waals surface area contributed by atoms with Crippen molar-refractivity contribution in [1.29, 1.82) is 0 Å². The Morgan fingerprint density at radius 3 is 2.36 bits per heavy atom. The van der Waals surface area contributed by atoms with E-state index >= 15 is 0 Å². The molecular weight excluding hydrogens is 468 g/mol. The SMILES string of the molecule is O=C1C(=Cc2cn(CCOc3ccc(Cl)cc3)c3ccccc23)c2ccccc2N1c1ccccc1. The molecule has 4 nitrogen and oxygen atoms in total. The van der Waals surface area contributed by atoms with Crippen LogP contribution in [0, 0.1) is 0 Å². The minimum atomic E-state index is -0.0229. The zero-order valence-corrected chi connectivity index (χ0v) is 20.2. The van der Waals surface area contributed by atoms with Crippen LogP contribution in [0.3, 0.4) is 0 Å². The third-order valence-electron chi connectivity index (χ3n) is 6.42. The highest BCUT2D eigenvalue weighted by Crippen LogP contribution is 2.42. The predicted octanol–water partition coefficient (Wildman–Crippen LogP) is 7.59. The lowest BCUT2D eigenvalue weighted by atomic mass is 10.0. The van der Waals surface area contributed by atoms with Crippen LogP contribution < -0.4 is 9.64 Å². The number of hydrogen-bond acceptors (Lipinski definition) is 2. The molecule has 0 aliphatic carbocycles. The Kier molecular flexibility index (Phi) is 5.80. The summed E-state index contributed by atoms with van der Waals surface area (Å²) in [6.07, 6.45) is 4.12. The van der Waals surface area contributed by atoms with Crippen molar-refractivity contribution in [2.75, 3.05) is 11.5 Å². The number of fused-ring (bicyclic) bond motifs is 2. The molecule has 6 rings (SSSR count). The van der Waals surface area contributed by atoms with Gasteiger partial charge in [0.1, 0.15) is 12.4 Å². The fourth-order valence-electron chi connectivity index (χ4n) is 4.74. The molecule has 0 bridgehead atoms. The minimum absolute atomic E-state index is 0.0229. The van der Waals surface area contributed by atoms with E-state index in [4.69, 9.17) is 16.3 Å². The van der Waals surface area contributed by atoms with Crippen LogP contribution in [0.15, 0.2) is 109 Å². The molecule has 36 heavy (non-hydrogen) atoms. The molecule has 0 N–H and O–H groups in total. The Balaban J connectivity index is 1.35. The third kappa shape index (κ3) is 4.06. The molecule has 0 radical (unpaired) electrons. The summed E-state index contributed by atoms with van der Waals surface area (Å²) in [5.74, 6) is 0.762. The molecule has 1 amide bonds. The van der Waals surface area contributed by atoms with Crippen molar-refractivity contribution in [2.45, 2.75) is 6.54 Å². The molecule has 1 aromatic heterocycles. The zero-order valence-electron chi connectivity index (χ0n) is 19.5. The molecule has 2 heterocycles. The molecule has 0 saturated carbocycles. The van der Waals surface area contributed by atoms with E-state index in [9.17, 15) is 4.79 Å². The van der Waals surface area contributed by atoms with E-state index in [2.05, 4.69) is 22.9 Å². The average Bonchev–Trinajstić information content (AvgIpc) is 3.40. The molecule has 0 atom stereocenters. The maximum Gasteiger partial charge on any atom is 0.263 e. The van der Waals surface area contributed by atoms with Crippen molar-refractivity contribution >= 4 is 51.4 Å². The molecule has 0 unspecified atom stereocenters. The standard InChI is InChI=1S/C31H23ClN2O2/c32-23-14-16-25(17-15-23)36-19-18-33-21-22(26-10-4-6-12-29(26)33)20-28-27-11-5-7-13-30(27)34(31(28)35)24-8-2-1-3-9-24/h1-17,20-21H,18-19H2. The largest absolute Gasteiger partial charge is 0.492 e. The zero-order chi connectivity index (χ0) is 24.5. The molecule has 0 fully saturated rings. The van der Waals surface area contributed by atoms with Crippen molar-refractivity contribution in [1.82, 2.24) is 4.57 Å². The van der Waals surface area contributed by atoms with Gasteiger partial charge in [-0.15, -0.1) is 0 Å². The monoisotopic (exact) mass is 490 g/mol. The maximum absolute atomic E-state index is 13.7. The molecule has 1 aliphatic heterocycles. The fourth-order valence-corrected chi connectivity index (χ4v) is 4.86. The number of aromatic nitrogens is 1. The first-order valence-corrected chi connectivity index (χ1v) is 12.2. The van der Waals surface area contributed by atoms with E-state index in [1.54, 1.807) is 4.90 Å². The molecule has 5 heteroatoms. The number of rotatable bonds is 6. The van der Waals surface area contributed by atoms with Crippen LogP contribution in [-0.2, 0) is 11.3 Å². The van der Waals surface area contributed by atoms with E-state index in [0.717, 1.165) is 39.2 Å². The van der Waals surface area contributed by atoms with Gasteiger partial charge in [0.05, 0.1) is 17.8 Å². The average molecular weight is 491 g/mol. The molecule has 5 aromatic rings. The number of amides is 1. The van der Waals surface area contributed by atoms with Crippen molar-refractivity contribution < 1.29 is 9.53 Å². The second kappa shape index (κ2) is 9.40. The summed E-state index contributed by atoms with van der Waals surface area (Å²) < 4.78 is 8.11. The van der Waals surface area contributed by atoms with Crippen LogP contribution in [0.25, 0.3) is 22.6 Å². The van der Waals surface area contributed by atoms with Crippen molar-refractivity contribution in [3.05, 3.63) is 125 Å². The molecule has 176 valence electrons. The molecule has 0 spiro atoms. The lowest BCUT2D eigenvalue weighted by molar-refractivity contribution is -0.112. The Morgan fingerprint density at radius 2 is 1.53 bits per heavy atom. The van der Waals surface area contributed by atoms with Gasteiger partial charge in [0.2, 0.25) is 0 Å². The smallest absolute Gasteiger partial charge is 0.263 e. The third-order valence-corrected chi connectivity index (χ3v) is 6.67. The second-order valence-electron chi connectivity index (χ2n) is 8.65. The first-order chi connectivity index (χ1) is 17.7.